The number of carbonyl (C=O) groups excluding carboxylic acids is 1. The molecule has 3 nitrogen and oxygen atoms in total. The maximum absolute atomic E-state index is 12.2. The van der Waals surface area contributed by atoms with Crippen molar-refractivity contribution in [1.82, 2.24) is 0 Å². The number of benzene rings is 2. The molecule has 1 N–H and O–H groups in total. The summed E-state index contributed by atoms with van der Waals surface area (Å²) in [4.78, 5) is 12.2. The molecule has 0 fully saturated rings. The molecule has 3 heteroatoms. The Bertz CT molecular complexity index is 710. The van der Waals surface area contributed by atoms with Crippen LogP contribution in [-0.4, -0.2) is 5.91 Å². The van der Waals surface area contributed by atoms with E-state index in [1.807, 2.05) is 60.7 Å². The van der Waals surface area contributed by atoms with E-state index in [4.69, 9.17) is 0 Å². The average Bonchev–Trinajstić information content (AvgIpc) is 2.60. The molecular formula is C20H20N2O. The predicted molar refractivity (Wildman–Crippen MR) is 93.7 cm³/mol. The zero-order valence-corrected chi connectivity index (χ0v) is 13.3. The summed E-state index contributed by atoms with van der Waals surface area (Å²) in [6.07, 6.45) is 4.95. The molecule has 0 saturated carbocycles. The molecule has 2 rings (SSSR count). The molecule has 0 spiro atoms. The van der Waals surface area contributed by atoms with Crippen molar-refractivity contribution in [2.24, 2.45) is 0 Å². The summed E-state index contributed by atoms with van der Waals surface area (Å²) >= 11 is 0. The van der Waals surface area contributed by atoms with Gasteiger partial charge < -0.3 is 5.32 Å². The summed E-state index contributed by atoms with van der Waals surface area (Å²) in [5.74, 6) is -0.391. The Labute approximate surface area is 137 Å². The molecule has 116 valence electrons. The molecule has 23 heavy (non-hydrogen) atoms. The molecule has 0 aliphatic heterocycles. The molecule has 0 radical (unpaired) electrons. The van der Waals surface area contributed by atoms with Gasteiger partial charge in [0.2, 0.25) is 0 Å². The number of anilines is 1. The minimum Gasteiger partial charge on any atom is -0.321 e. The standard InChI is InChI=1S/C20H20N2O/c1-2-3-7-16-10-12-19(13-11-16)22-20(23)18(15-21)14-17-8-5-4-6-9-17/h4-6,8-14H,2-3,7H2,1H3,(H,22,23)/b18-14+. The first kappa shape index (κ1) is 16.5. The minimum atomic E-state index is -0.391. The van der Waals surface area contributed by atoms with E-state index < -0.39 is 5.91 Å². The average molecular weight is 304 g/mol. The predicted octanol–water partition coefficient (Wildman–Crippen LogP) is 4.57. The van der Waals surface area contributed by atoms with Crippen LogP contribution in [0.3, 0.4) is 0 Å². The molecule has 0 unspecified atom stereocenters. The monoisotopic (exact) mass is 304 g/mol. The van der Waals surface area contributed by atoms with E-state index in [0.29, 0.717) is 5.69 Å². The van der Waals surface area contributed by atoms with Crippen molar-refractivity contribution in [3.8, 4) is 6.07 Å². The minimum absolute atomic E-state index is 0.0891. The van der Waals surface area contributed by atoms with Crippen molar-refractivity contribution in [2.75, 3.05) is 5.32 Å². The Hall–Kier alpha value is -2.86. The maximum atomic E-state index is 12.2. The molecule has 0 saturated heterocycles. The number of carbonyl (C=O) groups is 1. The second-order valence-corrected chi connectivity index (χ2v) is 5.34. The Morgan fingerprint density at radius 3 is 2.43 bits per heavy atom. The van der Waals surface area contributed by atoms with Gasteiger partial charge in [0.15, 0.2) is 0 Å². The van der Waals surface area contributed by atoms with E-state index >= 15 is 0 Å². The highest BCUT2D eigenvalue weighted by Crippen LogP contribution is 2.14. The second kappa shape index (κ2) is 8.55. The summed E-state index contributed by atoms with van der Waals surface area (Å²) in [5, 5.41) is 12.0. The number of rotatable bonds is 6. The number of nitriles is 1. The molecule has 2 aromatic carbocycles. The van der Waals surface area contributed by atoms with Crippen LogP contribution in [-0.2, 0) is 11.2 Å². The van der Waals surface area contributed by atoms with E-state index in [-0.39, 0.29) is 5.57 Å². The van der Waals surface area contributed by atoms with Crippen LogP contribution in [0.2, 0.25) is 0 Å². The van der Waals surface area contributed by atoms with Gasteiger partial charge in [-0.2, -0.15) is 5.26 Å². The lowest BCUT2D eigenvalue weighted by Crippen LogP contribution is -2.13. The molecule has 1 amide bonds. The largest absolute Gasteiger partial charge is 0.321 e. The van der Waals surface area contributed by atoms with Gasteiger partial charge in [-0.1, -0.05) is 55.8 Å². The molecule has 0 atom stereocenters. The lowest BCUT2D eigenvalue weighted by atomic mass is 10.1. The van der Waals surface area contributed by atoms with Crippen LogP contribution in [0.5, 0.6) is 0 Å². The molecule has 0 aliphatic rings. The smallest absolute Gasteiger partial charge is 0.266 e. The first-order chi connectivity index (χ1) is 11.2. The van der Waals surface area contributed by atoms with Gasteiger partial charge in [-0.05, 0) is 42.2 Å². The number of nitrogens with one attached hydrogen (secondary N) is 1. The van der Waals surface area contributed by atoms with Crippen molar-refractivity contribution in [1.29, 1.82) is 5.26 Å². The first-order valence-electron chi connectivity index (χ1n) is 7.80. The van der Waals surface area contributed by atoms with Gasteiger partial charge >= 0.3 is 0 Å². The highest BCUT2D eigenvalue weighted by atomic mass is 16.1. The highest BCUT2D eigenvalue weighted by molar-refractivity contribution is 6.09. The van der Waals surface area contributed by atoms with Crippen molar-refractivity contribution in [3.05, 3.63) is 71.3 Å². The van der Waals surface area contributed by atoms with E-state index in [1.54, 1.807) is 6.08 Å². The van der Waals surface area contributed by atoms with Gasteiger partial charge in [-0.15, -0.1) is 0 Å². The van der Waals surface area contributed by atoms with Crippen LogP contribution in [0.25, 0.3) is 6.08 Å². The van der Waals surface area contributed by atoms with Crippen LogP contribution in [0.15, 0.2) is 60.2 Å². The number of amides is 1. The van der Waals surface area contributed by atoms with E-state index in [2.05, 4.69) is 12.2 Å². The lowest BCUT2D eigenvalue weighted by Gasteiger charge is -2.06. The summed E-state index contributed by atoms with van der Waals surface area (Å²) in [6, 6.07) is 19.1. The fraction of sp³-hybridized carbons (Fsp3) is 0.200. The molecule has 0 heterocycles. The molecule has 0 aliphatic carbocycles. The fourth-order valence-electron chi connectivity index (χ4n) is 2.20. The van der Waals surface area contributed by atoms with Crippen LogP contribution < -0.4 is 5.32 Å². The molecule has 2 aromatic rings. The van der Waals surface area contributed by atoms with Crippen molar-refractivity contribution >= 4 is 17.7 Å². The zero-order chi connectivity index (χ0) is 16.5. The second-order valence-electron chi connectivity index (χ2n) is 5.34. The normalized spacial score (nSPS) is 10.9. The Morgan fingerprint density at radius 2 is 1.83 bits per heavy atom. The van der Waals surface area contributed by atoms with Gasteiger partial charge in [-0.25, -0.2) is 0 Å². The van der Waals surface area contributed by atoms with Crippen LogP contribution in [0.4, 0.5) is 5.69 Å². The SMILES string of the molecule is CCCCc1ccc(NC(=O)/C(C#N)=C/c2ccccc2)cc1. The quantitative estimate of drug-likeness (QED) is 0.627. The first-order valence-corrected chi connectivity index (χ1v) is 7.80. The van der Waals surface area contributed by atoms with Gasteiger partial charge in [0.1, 0.15) is 11.6 Å². The third-order valence-corrected chi connectivity index (χ3v) is 3.51. The van der Waals surface area contributed by atoms with Gasteiger partial charge in [0.25, 0.3) is 5.91 Å². The van der Waals surface area contributed by atoms with Crippen molar-refractivity contribution in [3.63, 3.8) is 0 Å². The van der Waals surface area contributed by atoms with Crippen LogP contribution in [0.1, 0.15) is 30.9 Å². The molecule has 0 aromatic heterocycles. The Morgan fingerprint density at radius 1 is 1.13 bits per heavy atom. The van der Waals surface area contributed by atoms with E-state index in [1.165, 1.54) is 5.56 Å². The molecule has 0 bridgehead atoms. The summed E-state index contributed by atoms with van der Waals surface area (Å²) in [6.45, 7) is 2.16. The highest BCUT2D eigenvalue weighted by Gasteiger charge is 2.09. The zero-order valence-electron chi connectivity index (χ0n) is 13.3. The van der Waals surface area contributed by atoms with Crippen LogP contribution >= 0.6 is 0 Å². The topological polar surface area (TPSA) is 52.9 Å². The number of hydrogen-bond donors (Lipinski definition) is 1. The van der Waals surface area contributed by atoms with E-state index in [0.717, 1.165) is 24.8 Å². The number of unbranched alkanes of at least 4 members (excludes halogenated alkanes) is 1. The third-order valence-electron chi connectivity index (χ3n) is 3.51. The maximum Gasteiger partial charge on any atom is 0.266 e. The summed E-state index contributed by atoms with van der Waals surface area (Å²) < 4.78 is 0. The fourth-order valence-corrected chi connectivity index (χ4v) is 2.20. The number of nitrogens with zero attached hydrogens (tertiary/aromatic N) is 1. The van der Waals surface area contributed by atoms with Crippen LogP contribution in [0, 0.1) is 11.3 Å². The summed E-state index contributed by atoms with van der Waals surface area (Å²) in [7, 11) is 0. The van der Waals surface area contributed by atoms with Gasteiger partial charge in [-0.3, -0.25) is 4.79 Å². The molecular weight excluding hydrogens is 284 g/mol. The Kier molecular flexibility index (Phi) is 6.14. The number of hydrogen-bond acceptors (Lipinski definition) is 2. The number of aryl methyl sites for hydroxylation is 1. The van der Waals surface area contributed by atoms with E-state index in [9.17, 15) is 10.1 Å². The van der Waals surface area contributed by atoms with Crippen molar-refractivity contribution in [2.45, 2.75) is 26.2 Å². The lowest BCUT2D eigenvalue weighted by molar-refractivity contribution is -0.112. The third kappa shape index (κ3) is 5.12. The summed E-state index contributed by atoms with van der Waals surface area (Å²) in [5.41, 5.74) is 2.87. The van der Waals surface area contributed by atoms with Gasteiger partial charge in [0, 0.05) is 5.69 Å². The van der Waals surface area contributed by atoms with Crippen molar-refractivity contribution < 1.29 is 4.79 Å². The van der Waals surface area contributed by atoms with Gasteiger partial charge in [0.05, 0.1) is 0 Å². The Balaban J connectivity index is 2.05.